The Hall–Kier alpha value is -3.15. The summed E-state index contributed by atoms with van der Waals surface area (Å²) in [4.78, 5) is 4.69. The lowest BCUT2D eigenvalue weighted by Gasteiger charge is -2.35. The molecule has 5 nitrogen and oxygen atoms in total. The summed E-state index contributed by atoms with van der Waals surface area (Å²) in [7, 11) is 0. The SMILES string of the molecule is CCCn1ncnc1C1C2=c3c(cc(F)cc3=CNCC2)NC1c1ccccc1. The predicted octanol–water partition coefficient (Wildman–Crippen LogP) is 2.66. The van der Waals surface area contributed by atoms with E-state index in [0.29, 0.717) is 0 Å². The molecule has 2 aromatic carbocycles. The molecule has 1 aromatic heterocycles. The molecular weight excluding hydrogens is 365 g/mol. The number of rotatable bonds is 4. The van der Waals surface area contributed by atoms with E-state index in [1.807, 2.05) is 29.1 Å². The third kappa shape index (κ3) is 3.09. The molecule has 0 amide bonds. The molecule has 0 bridgehead atoms. The van der Waals surface area contributed by atoms with Crippen LogP contribution in [0, 0.1) is 5.82 Å². The van der Waals surface area contributed by atoms with Gasteiger partial charge in [-0.3, -0.25) is 0 Å². The van der Waals surface area contributed by atoms with Gasteiger partial charge in [-0.2, -0.15) is 5.10 Å². The average molecular weight is 389 g/mol. The van der Waals surface area contributed by atoms with Gasteiger partial charge in [0.25, 0.3) is 0 Å². The van der Waals surface area contributed by atoms with Gasteiger partial charge in [0, 0.05) is 35.4 Å². The van der Waals surface area contributed by atoms with E-state index in [-0.39, 0.29) is 17.8 Å². The van der Waals surface area contributed by atoms with Crippen molar-refractivity contribution in [3.05, 3.63) is 76.4 Å². The molecule has 2 aliphatic heterocycles. The first kappa shape index (κ1) is 17.9. The fourth-order valence-corrected chi connectivity index (χ4v) is 4.63. The Morgan fingerprint density at radius 2 is 2.07 bits per heavy atom. The summed E-state index contributed by atoms with van der Waals surface area (Å²) in [6.07, 6.45) is 5.43. The van der Waals surface area contributed by atoms with E-state index in [1.54, 1.807) is 18.5 Å². The Balaban J connectivity index is 1.80. The molecule has 3 heterocycles. The molecule has 2 unspecified atom stereocenters. The highest BCUT2D eigenvalue weighted by Gasteiger charge is 2.36. The quantitative estimate of drug-likeness (QED) is 0.720. The number of nitrogens with one attached hydrogen (secondary N) is 2. The van der Waals surface area contributed by atoms with E-state index in [9.17, 15) is 4.39 Å². The summed E-state index contributed by atoms with van der Waals surface area (Å²) < 4.78 is 16.4. The minimum atomic E-state index is -0.232. The van der Waals surface area contributed by atoms with Gasteiger partial charge in [-0.25, -0.2) is 14.1 Å². The molecule has 0 aliphatic carbocycles. The zero-order chi connectivity index (χ0) is 19.8. The van der Waals surface area contributed by atoms with Crippen LogP contribution in [0.4, 0.5) is 10.1 Å². The Kier molecular flexibility index (Phi) is 4.54. The molecule has 148 valence electrons. The average Bonchev–Trinajstić information content (AvgIpc) is 3.08. The van der Waals surface area contributed by atoms with Crippen LogP contribution in [0.5, 0.6) is 0 Å². The molecule has 0 saturated heterocycles. The molecule has 0 spiro atoms. The van der Waals surface area contributed by atoms with Crippen molar-refractivity contribution < 1.29 is 4.39 Å². The van der Waals surface area contributed by atoms with Crippen molar-refractivity contribution in [2.24, 2.45) is 0 Å². The Bertz CT molecular complexity index is 1150. The predicted molar refractivity (Wildman–Crippen MR) is 112 cm³/mol. The van der Waals surface area contributed by atoms with Crippen molar-refractivity contribution in [1.29, 1.82) is 0 Å². The smallest absolute Gasteiger partial charge is 0.138 e. The number of aromatic nitrogens is 3. The van der Waals surface area contributed by atoms with Gasteiger partial charge in [0.1, 0.15) is 18.0 Å². The molecule has 2 aliphatic rings. The van der Waals surface area contributed by atoms with Crippen LogP contribution in [0.15, 0.2) is 48.8 Å². The monoisotopic (exact) mass is 389 g/mol. The number of halogens is 1. The lowest BCUT2D eigenvalue weighted by molar-refractivity contribution is 0.527. The molecule has 5 rings (SSSR count). The van der Waals surface area contributed by atoms with Gasteiger partial charge in [-0.1, -0.05) is 37.3 Å². The summed E-state index contributed by atoms with van der Waals surface area (Å²) >= 11 is 0. The van der Waals surface area contributed by atoms with Crippen LogP contribution >= 0.6 is 0 Å². The molecule has 0 fully saturated rings. The molecule has 3 aromatic rings. The number of nitrogens with zero attached hydrogens (tertiary/aromatic N) is 3. The number of aryl methyl sites for hydroxylation is 1. The normalized spacial score (nSPS) is 20.1. The van der Waals surface area contributed by atoms with Crippen LogP contribution in [-0.2, 0) is 6.54 Å². The summed E-state index contributed by atoms with van der Waals surface area (Å²) in [5, 5.41) is 13.4. The standard InChI is InChI=1S/C23H24FN5/c1-2-10-29-23(26-14-27-29)21-18-8-9-25-13-16-11-17(24)12-19(20(16)18)28-22(21)15-6-4-3-5-7-15/h3-7,11-14,21-22,25,28H,2,8-10H2,1H3. The second-order valence-electron chi connectivity index (χ2n) is 7.64. The Labute approximate surface area is 169 Å². The minimum absolute atomic E-state index is 0.0245. The Morgan fingerprint density at radius 3 is 2.90 bits per heavy atom. The second kappa shape index (κ2) is 7.35. The van der Waals surface area contributed by atoms with Crippen LogP contribution in [-0.4, -0.2) is 21.3 Å². The van der Waals surface area contributed by atoms with E-state index in [4.69, 9.17) is 4.98 Å². The minimum Gasteiger partial charge on any atom is -0.390 e. The topological polar surface area (TPSA) is 54.8 Å². The molecule has 29 heavy (non-hydrogen) atoms. The molecule has 2 atom stereocenters. The molecule has 2 N–H and O–H groups in total. The van der Waals surface area contributed by atoms with Crippen molar-refractivity contribution in [3.63, 3.8) is 0 Å². The molecular formula is C23H24FN5. The molecule has 0 radical (unpaired) electrons. The van der Waals surface area contributed by atoms with Gasteiger partial charge in [-0.15, -0.1) is 0 Å². The fourth-order valence-electron chi connectivity index (χ4n) is 4.63. The number of hydrogen-bond acceptors (Lipinski definition) is 4. The lowest BCUT2D eigenvalue weighted by atomic mass is 9.80. The first-order chi connectivity index (χ1) is 14.3. The number of hydrogen-bond donors (Lipinski definition) is 2. The van der Waals surface area contributed by atoms with Crippen molar-refractivity contribution in [2.45, 2.75) is 38.3 Å². The van der Waals surface area contributed by atoms with E-state index in [2.05, 4.69) is 34.8 Å². The van der Waals surface area contributed by atoms with E-state index >= 15 is 0 Å². The van der Waals surface area contributed by atoms with Crippen LogP contribution in [0.3, 0.4) is 0 Å². The van der Waals surface area contributed by atoms with Crippen molar-refractivity contribution in [2.75, 3.05) is 11.9 Å². The van der Waals surface area contributed by atoms with Crippen molar-refractivity contribution in [1.82, 2.24) is 20.1 Å². The van der Waals surface area contributed by atoms with Crippen LogP contribution in [0.25, 0.3) is 11.8 Å². The Morgan fingerprint density at radius 1 is 1.21 bits per heavy atom. The highest BCUT2D eigenvalue weighted by Crippen LogP contribution is 2.42. The third-order valence-corrected chi connectivity index (χ3v) is 5.79. The summed E-state index contributed by atoms with van der Waals surface area (Å²) in [6, 6.07) is 13.5. The summed E-state index contributed by atoms with van der Waals surface area (Å²) in [5.74, 6) is 0.757. The largest absolute Gasteiger partial charge is 0.390 e. The highest BCUT2D eigenvalue weighted by atomic mass is 19.1. The van der Waals surface area contributed by atoms with Crippen molar-refractivity contribution >= 4 is 17.5 Å². The maximum atomic E-state index is 14.4. The highest BCUT2D eigenvalue weighted by molar-refractivity contribution is 5.69. The summed E-state index contributed by atoms with van der Waals surface area (Å²) in [5.41, 5.74) is 3.30. The molecule has 6 heteroatoms. The zero-order valence-electron chi connectivity index (χ0n) is 16.4. The van der Waals surface area contributed by atoms with Gasteiger partial charge in [0.15, 0.2) is 0 Å². The van der Waals surface area contributed by atoms with Gasteiger partial charge in [0.2, 0.25) is 0 Å². The van der Waals surface area contributed by atoms with Crippen LogP contribution in [0.2, 0.25) is 0 Å². The first-order valence-electron chi connectivity index (χ1n) is 10.2. The van der Waals surface area contributed by atoms with Crippen LogP contribution < -0.4 is 21.1 Å². The van der Waals surface area contributed by atoms with Gasteiger partial charge < -0.3 is 10.6 Å². The third-order valence-electron chi connectivity index (χ3n) is 5.79. The van der Waals surface area contributed by atoms with Gasteiger partial charge in [0.05, 0.1) is 12.0 Å². The van der Waals surface area contributed by atoms with E-state index in [1.165, 1.54) is 5.57 Å². The maximum Gasteiger partial charge on any atom is 0.138 e. The van der Waals surface area contributed by atoms with E-state index in [0.717, 1.165) is 53.4 Å². The molecule has 0 saturated carbocycles. The summed E-state index contributed by atoms with van der Waals surface area (Å²) in [6.45, 7) is 3.78. The number of benzene rings is 2. The number of anilines is 1. The van der Waals surface area contributed by atoms with Crippen LogP contribution in [0.1, 0.15) is 43.1 Å². The zero-order valence-corrected chi connectivity index (χ0v) is 16.4. The first-order valence-corrected chi connectivity index (χ1v) is 10.2. The lowest BCUT2D eigenvalue weighted by Crippen LogP contribution is -2.40. The van der Waals surface area contributed by atoms with E-state index < -0.39 is 0 Å². The maximum absolute atomic E-state index is 14.4. The van der Waals surface area contributed by atoms with Gasteiger partial charge in [-0.05, 0) is 36.1 Å². The van der Waals surface area contributed by atoms with Gasteiger partial charge >= 0.3 is 0 Å². The second-order valence-corrected chi connectivity index (χ2v) is 7.64. The fraction of sp³-hybridized carbons (Fsp3) is 0.304. The van der Waals surface area contributed by atoms with Crippen molar-refractivity contribution in [3.8, 4) is 0 Å².